The molecular weight excluding hydrogens is 733 g/mol. The Balaban J connectivity index is 1.41. The van der Waals surface area contributed by atoms with Gasteiger partial charge >= 0.3 is 0 Å². The van der Waals surface area contributed by atoms with Crippen molar-refractivity contribution in [1.82, 2.24) is 0 Å². The van der Waals surface area contributed by atoms with Gasteiger partial charge in [0.1, 0.15) is 11.5 Å². The molecule has 0 aliphatic rings. The lowest BCUT2D eigenvalue weighted by molar-refractivity contribution is 0.295. The van der Waals surface area contributed by atoms with Gasteiger partial charge in [-0.3, -0.25) is 0 Å². The summed E-state index contributed by atoms with van der Waals surface area (Å²) >= 11 is 0. The molecule has 0 saturated carbocycles. The van der Waals surface area contributed by atoms with E-state index in [0.29, 0.717) is 24.4 Å². The van der Waals surface area contributed by atoms with E-state index >= 15 is 0 Å². The Hall–Kier alpha value is -6.36. The molecule has 0 spiro atoms. The van der Waals surface area contributed by atoms with Crippen LogP contribution in [0.25, 0.3) is 47.6 Å². The molecule has 0 heterocycles. The van der Waals surface area contributed by atoms with Gasteiger partial charge in [-0.2, -0.15) is 10.5 Å². The molecule has 0 N–H and O–H groups in total. The third-order valence-corrected chi connectivity index (χ3v) is 10.5. The minimum atomic E-state index is 0.635. The third-order valence-electron chi connectivity index (χ3n) is 10.5. The van der Waals surface area contributed by atoms with Crippen LogP contribution >= 0.6 is 0 Å². The molecule has 5 rings (SSSR count). The quantitative estimate of drug-likeness (QED) is 0.0355. The molecule has 0 aromatic heterocycles. The highest BCUT2D eigenvalue weighted by Gasteiger charge is 2.11. The molecule has 0 aliphatic heterocycles. The first-order valence-corrected chi connectivity index (χ1v) is 21.9. The van der Waals surface area contributed by atoms with Gasteiger partial charge in [0.25, 0.3) is 0 Å². The van der Waals surface area contributed by atoms with Gasteiger partial charge in [0.2, 0.25) is 0 Å². The van der Waals surface area contributed by atoms with Crippen molar-refractivity contribution in [3.05, 3.63) is 166 Å². The van der Waals surface area contributed by atoms with E-state index in [4.69, 9.17) is 9.47 Å². The number of rotatable bonds is 24. The number of hydrogen-bond acceptors (Lipinski definition) is 4. The minimum absolute atomic E-state index is 0.635. The van der Waals surface area contributed by atoms with Crippen molar-refractivity contribution in [2.45, 2.75) is 90.9 Å². The molecule has 4 heteroatoms. The second-order valence-corrected chi connectivity index (χ2v) is 15.2. The minimum Gasteiger partial charge on any atom is -0.493 e. The molecule has 60 heavy (non-hydrogen) atoms. The van der Waals surface area contributed by atoms with Crippen molar-refractivity contribution in [1.29, 1.82) is 10.5 Å². The molecule has 0 radical (unpaired) electrons. The molecule has 0 unspecified atom stereocenters. The first-order chi connectivity index (χ1) is 29.6. The summed E-state index contributed by atoms with van der Waals surface area (Å²) in [6.07, 6.45) is 26.7. The van der Waals surface area contributed by atoms with Crippen molar-refractivity contribution in [2.75, 3.05) is 13.2 Å². The molecule has 5 aromatic carbocycles. The Kier molecular flexibility index (Phi) is 19.3. The van der Waals surface area contributed by atoms with Crippen LogP contribution in [0.15, 0.2) is 121 Å². The van der Waals surface area contributed by atoms with Crippen LogP contribution in [-0.4, -0.2) is 13.2 Å². The predicted molar refractivity (Wildman–Crippen MR) is 255 cm³/mol. The van der Waals surface area contributed by atoms with E-state index in [1.54, 1.807) is 0 Å². The summed E-state index contributed by atoms with van der Waals surface area (Å²) in [5, 5.41) is 19.6. The fourth-order valence-electron chi connectivity index (χ4n) is 6.94. The molecule has 0 atom stereocenters. The second-order valence-electron chi connectivity index (χ2n) is 15.2. The van der Waals surface area contributed by atoms with Crippen LogP contribution in [-0.2, 0) is 0 Å². The SMILES string of the molecule is CCCCCCCCOc1cc(/C=C/c2ccc(/C=C(/C#N)c3ccccc3)cc2)c(OCCCCCCCC)cc1/C=C/c1ccc(/C=C(/C#N)c2ccccc2)cc1. The predicted octanol–water partition coefficient (Wildman–Crippen LogP) is 15.6. The number of nitrogens with zero attached hydrogens (tertiary/aromatic N) is 2. The summed E-state index contributed by atoms with van der Waals surface area (Å²) in [5.41, 5.74) is 9.08. The highest BCUT2D eigenvalue weighted by Crippen LogP contribution is 2.33. The van der Waals surface area contributed by atoms with Gasteiger partial charge in [0.15, 0.2) is 0 Å². The van der Waals surface area contributed by atoms with E-state index in [-0.39, 0.29) is 0 Å². The zero-order valence-electron chi connectivity index (χ0n) is 35.6. The van der Waals surface area contributed by atoms with Gasteiger partial charge in [-0.05, 0) is 70.5 Å². The zero-order chi connectivity index (χ0) is 42.0. The van der Waals surface area contributed by atoms with Gasteiger partial charge in [-0.1, -0.05) is 212 Å². The van der Waals surface area contributed by atoms with E-state index < -0.39 is 0 Å². The van der Waals surface area contributed by atoms with Gasteiger partial charge in [-0.25, -0.2) is 0 Å². The van der Waals surface area contributed by atoms with Crippen molar-refractivity contribution in [2.24, 2.45) is 0 Å². The lowest BCUT2D eigenvalue weighted by Crippen LogP contribution is -2.03. The van der Waals surface area contributed by atoms with Crippen LogP contribution in [0.1, 0.15) is 135 Å². The summed E-state index contributed by atoms with van der Waals surface area (Å²) in [6.45, 7) is 5.80. The molecule has 4 nitrogen and oxygen atoms in total. The smallest absolute Gasteiger partial charge is 0.127 e. The number of nitriles is 2. The molecule has 0 aliphatic carbocycles. The topological polar surface area (TPSA) is 66.0 Å². The summed E-state index contributed by atoms with van der Waals surface area (Å²) in [6, 6.07) is 45.0. The largest absolute Gasteiger partial charge is 0.493 e. The Morgan fingerprint density at radius 3 is 1.15 bits per heavy atom. The molecule has 306 valence electrons. The summed E-state index contributed by atoms with van der Waals surface area (Å²) in [5.74, 6) is 1.66. The van der Waals surface area contributed by atoms with Gasteiger partial charge < -0.3 is 9.47 Å². The van der Waals surface area contributed by atoms with E-state index in [2.05, 4.69) is 86.7 Å². The van der Waals surface area contributed by atoms with Gasteiger partial charge in [0.05, 0.1) is 36.5 Å². The Labute approximate surface area is 359 Å². The average Bonchev–Trinajstić information content (AvgIpc) is 3.29. The summed E-state index contributed by atoms with van der Waals surface area (Å²) < 4.78 is 13.1. The van der Waals surface area contributed by atoms with Crippen LogP contribution in [0.2, 0.25) is 0 Å². The van der Waals surface area contributed by atoms with E-state index in [0.717, 1.165) is 81.7 Å². The highest BCUT2D eigenvalue weighted by atomic mass is 16.5. The van der Waals surface area contributed by atoms with Crippen molar-refractivity contribution < 1.29 is 9.47 Å². The molecule has 0 fully saturated rings. The maximum absolute atomic E-state index is 9.81. The van der Waals surface area contributed by atoms with E-state index in [9.17, 15) is 10.5 Å². The van der Waals surface area contributed by atoms with Gasteiger partial charge in [0, 0.05) is 11.1 Å². The summed E-state index contributed by atoms with van der Waals surface area (Å²) in [7, 11) is 0. The van der Waals surface area contributed by atoms with Crippen molar-refractivity contribution >= 4 is 47.6 Å². The fraction of sp³-hybridized carbons (Fsp3) is 0.286. The monoisotopic (exact) mass is 792 g/mol. The molecule has 0 saturated heterocycles. The number of allylic oxidation sites excluding steroid dienone is 2. The number of unbranched alkanes of at least 4 members (excludes halogenated alkanes) is 10. The maximum atomic E-state index is 9.81. The van der Waals surface area contributed by atoms with Crippen molar-refractivity contribution in [3.63, 3.8) is 0 Å². The average molecular weight is 793 g/mol. The highest BCUT2D eigenvalue weighted by molar-refractivity contribution is 5.90. The van der Waals surface area contributed by atoms with Gasteiger partial charge in [-0.15, -0.1) is 0 Å². The number of benzene rings is 5. The second kappa shape index (κ2) is 25.9. The number of ether oxygens (including phenoxy) is 2. The van der Waals surface area contributed by atoms with Crippen LogP contribution in [0, 0.1) is 22.7 Å². The third kappa shape index (κ3) is 15.1. The molecule has 0 bridgehead atoms. The lowest BCUT2D eigenvalue weighted by atomic mass is 10.0. The molecule has 0 amide bonds. The zero-order valence-corrected chi connectivity index (χ0v) is 35.6. The Morgan fingerprint density at radius 2 is 0.783 bits per heavy atom. The van der Waals surface area contributed by atoms with E-state index in [1.165, 1.54) is 51.4 Å². The molecule has 5 aromatic rings. The fourth-order valence-corrected chi connectivity index (χ4v) is 6.94. The number of hydrogen-bond donors (Lipinski definition) is 0. The normalized spacial score (nSPS) is 11.8. The first-order valence-electron chi connectivity index (χ1n) is 21.9. The standard InChI is InChI=1S/C56H60N2O2/c1-3-5-7-9-11-19-37-59-55-41-52(36-34-46-27-31-48(32-28-46)40-54(44-58)50-23-17-14-18-24-50)56(60-38-20-12-10-8-6-4-2)42-51(55)35-33-45-25-29-47(30-26-45)39-53(43-57)49-21-15-13-16-22-49/h13-18,21-36,39-42H,3-12,19-20,37-38H2,1-2H3/b35-33+,36-34+,53-39-,54-40-. The van der Waals surface area contributed by atoms with Crippen LogP contribution in [0.3, 0.4) is 0 Å². The van der Waals surface area contributed by atoms with E-state index in [1.807, 2.05) is 97.1 Å². The first kappa shape index (κ1) is 44.7. The van der Waals surface area contributed by atoms with Crippen molar-refractivity contribution in [3.8, 4) is 23.6 Å². The maximum Gasteiger partial charge on any atom is 0.127 e. The molecular formula is C56H60N2O2. The lowest BCUT2D eigenvalue weighted by Gasteiger charge is -2.16. The summed E-state index contributed by atoms with van der Waals surface area (Å²) in [4.78, 5) is 0. The Bertz CT molecular complexity index is 2070. The van der Waals surface area contributed by atoms with Crippen LogP contribution in [0.4, 0.5) is 0 Å². The Morgan fingerprint density at radius 1 is 0.433 bits per heavy atom. The van der Waals surface area contributed by atoms with Crippen LogP contribution < -0.4 is 9.47 Å². The van der Waals surface area contributed by atoms with Crippen LogP contribution in [0.5, 0.6) is 11.5 Å².